The molecular formula is C58H82N4O3. The summed E-state index contributed by atoms with van der Waals surface area (Å²) in [7, 11) is 0. The molecule has 0 heterocycles. The van der Waals surface area contributed by atoms with Crippen molar-refractivity contribution in [3.05, 3.63) is 156 Å². The Bertz CT molecular complexity index is 1910. The highest BCUT2D eigenvalue weighted by molar-refractivity contribution is 5.94. The van der Waals surface area contributed by atoms with Gasteiger partial charge in [-0.1, -0.05) is 146 Å². The molecule has 0 atom stereocenters. The Balaban J connectivity index is 0.000000309. The van der Waals surface area contributed by atoms with Crippen LogP contribution in [0.1, 0.15) is 132 Å². The lowest BCUT2D eigenvalue weighted by Crippen LogP contribution is -2.39. The van der Waals surface area contributed by atoms with Crippen LogP contribution in [0.4, 0.5) is 0 Å². The minimum Gasteiger partial charge on any atom is -0.457 e. The minimum atomic E-state index is 0.102. The van der Waals surface area contributed by atoms with E-state index in [2.05, 4.69) is 86.1 Å². The number of ether oxygens (including phenoxy) is 2. The summed E-state index contributed by atoms with van der Waals surface area (Å²) in [5.74, 6) is 3.47. The zero-order chi connectivity index (χ0) is 46.2. The summed E-state index contributed by atoms with van der Waals surface area (Å²) in [4.78, 5) is 20.9. The molecule has 65 heavy (non-hydrogen) atoms. The van der Waals surface area contributed by atoms with Gasteiger partial charge in [0.25, 0.3) is 5.91 Å². The molecule has 5 rings (SSSR count). The third kappa shape index (κ3) is 21.7. The molecule has 0 aliphatic rings. The highest BCUT2D eigenvalue weighted by atomic mass is 16.5. The van der Waals surface area contributed by atoms with Gasteiger partial charge in [0.15, 0.2) is 0 Å². The van der Waals surface area contributed by atoms with Crippen LogP contribution in [0, 0.1) is 0 Å². The standard InChI is InChI=1S/C35H48N2O2.C23H34N2O/c1-4-7-11-14-30-17-21-32(22-18-30)35(38)37(28-27-36(25-8-5-2)26-9-6-3)29-31-19-23-34(24-20-31)39-33-15-12-10-13-16-33;1-3-5-17-25(18-6-4-2)19-16-24-20-21-12-14-23(15-13-21)26-22-10-8-7-9-11-22/h10,12-13,15-24H,4-9,11,14,25-29H2,1-3H3;7-15,24H,3-6,16-20H2,1-2H3. The lowest BCUT2D eigenvalue weighted by atomic mass is 10.0. The molecule has 5 aromatic rings. The van der Waals surface area contributed by atoms with Crippen LogP contribution in [0.2, 0.25) is 0 Å². The summed E-state index contributed by atoms with van der Waals surface area (Å²) in [6.07, 6.45) is 14.6. The molecule has 0 aliphatic carbocycles. The smallest absolute Gasteiger partial charge is 0.254 e. The number of nitrogens with zero attached hydrogens (tertiary/aromatic N) is 3. The second-order valence-electron chi connectivity index (χ2n) is 17.3. The number of unbranched alkanes of at least 4 members (excludes halogenated alkanes) is 6. The van der Waals surface area contributed by atoms with Crippen molar-refractivity contribution < 1.29 is 14.3 Å². The first-order valence-corrected chi connectivity index (χ1v) is 25.1. The predicted octanol–water partition coefficient (Wildman–Crippen LogP) is 14.2. The summed E-state index contributed by atoms with van der Waals surface area (Å²) in [6, 6.07) is 44.5. The van der Waals surface area contributed by atoms with Crippen molar-refractivity contribution >= 4 is 5.91 Å². The maximum atomic E-state index is 13.8. The quantitative estimate of drug-likeness (QED) is 0.0448. The molecule has 0 aliphatic heterocycles. The monoisotopic (exact) mass is 883 g/mol. The number of amides is 1. The van der Waals surface area contributed by atoms with Gasteiger partial charge in [-0.25, -0.2) is 0 Å². The number of hydrogen-bond acceptors (Lipinski definition) is 6. The van der Waals surface area contributed by atoms with Crippen LogP contribution in [-0.2, 0) is 19.5 Å². The molecule has 0 spiro atoms. The largest absolute Gasteiger partial charge is 0.457 e. The summed E-state index contributed by atoms with van der Waals surface area (Å²) in [5.41, 5.74) is 4.48. The molecule has 0 aromatic heterocycles. The Morgan fingerprint density at radius 1 is 0.431 bits per heavy atom. The fraction of sp³-hybridized carbons (Fsp3) is 0.466. The number of rotatable bonds is 31. The van der Waals surface area contributed by atoms with Crippen molar-refractivity contribution in [3.63, 3.8) is 0 Å². The van der Waals surface area contributed by atoms with Gasteiger partial charge in [-0.05, 0) is 142 Å². The number of para-hydroxylation sites is 2. The van der Waals surface area contributed by atoms with E-state index in [0.717, 1.165) is 79.8 Å². The van der Waals surface area contributed by atoms with E-state index in [1.165, 1.54) is 94.8 Å². The van der Waals surface area contributed by atoms with Gasteiger partial charge in [0, 0.05) is 44.8 Å². The van der Waals surface area contributed by atoms with Crippen molar-refractivity contribution in [2.24, 2.45) is 0 Å². The SMILES string of the molecule is CCCCCc1ccc(C(=O)N(CCN(CCCC)CCCC)Cc2ccc(Oc3ccccc3)cc2)cc1.CCCCN(CCCC)CCNCc1ccc(Oc2ccccc2)cc1. The van der Waals surface area contributed by atoms with E-state index >= 15 is 0 Å². The van der Waals surface area contributed by atoms with Gasteiger partial charge >= 0.3 is 0 Å². The molecule has 5 aromatic carbocycles. The van der Waals surface area contributed by atoms with Gasteiger partial charge in [0.05, 0.1) is 0 Å². The first kappa shape index (κ1) is 52.7. The third-order valence-electron chi connectivity index (χ3n) is 11.7. The Kier molecular flexibility index (Phi) is 26.5. The second-order valence-corrected chi connectivity index (χ2v) is 17.3. The van der Waals surface area contributed by atoms with E-state index in [1.807, 2.05) is 102 Å². The van der Waals surface area contributed by atoms with Crippen LogP contribution in [0.25, 0.3) is 0 Å². The van der Waals surface area contributed by atoms with Gasteiger partial charge in [-0.15, -0.1) is 0 Å². The Labute approximate surface area is 394 Å². The fourth-order valence-corrected chi connectivity index (χ4v) is 7.57. The van der Waals surface area contributed by atoms with E-state index in [9.17, 15) is 4.79 Å². The Morgan fingerprint density at radius 3 is 1.34 bits per heavy atom. The summed E-state index contributed by atoms with van der Waals surface area (Å²) < 4.78 is 11.8. The highest BCUT2D eigenvalue weighted by Gasteiger charge is 2.18. The van der Waals surface area contributed by atoms with E-state index in [0.29, 0.717) is 13.1 Å². The van der Waals surface area contributed by atoms with Crippen molar-refractivity contribution in [3.8, 4) is 23.0 Å². The lowest BCUT2D eigenvalue weighted by molar-refractivity contribution is 0.0720. The molecule has 352 valence electrons. The van der Waals surface area contributed by atoms with E-state index < -0.39 is 0 Å². The molecule has 0 bridgehead atoms. The maximum Gasteiger partial charge on any atom is 0.254 e. The summed E-state index contributed by atoms with van der Waals surface area (Å²) in [5, 5.41) is 3.57. The zero-order valence-electron chi connectivity index (χ0n) is 40.8. The number of nitrogens with one attached hydrogen (secondary N) is 1. The van der Waals surface area contributed by atoms with Crippen LogP contribution in [0.15, 0.2) is 133 Å². The summed E-state index contributed by atoms with van der Waals surface area (Å²) in [6.45, 7) is 21.2. The van der Waals surface area contributed by atoms with Crippen LogP contribution in [0.5, 0.6) is 23.0 Å². The van der Waals surface area contributed by atoms with E-state index in [1.54, 1.807) is 0 Å². The molecular weight excluding hydrogens is 801 g/mol. The molecule has 0 radical (unpaired) electrons. The van der Waals surface area contributed by atoms with Crippen molar-refractivity contribution in [1.82, 2.24) is 20.0 Å². The number of carbonyl (C=O) groups excluding carboxylic acids is 1. The van der Waals surface area contributed by atoms with Gasteiger partial charge in [-0.3, -0.25) is 4.79 Å². The van der Waals surface area contributed by atoms with E-state index in [4.69, 9.17) is 9.47 Å². The topological polar surface area (TPSA) is 57.3 Å². The normalized spacial score (nSPS) is 11.1. The Morgan fingerprint density at radius 2 is 0.862 bits per heavy atom. The van der Waals surface area contributed by atoms with Crippen LogP contribution in [-0.4, -0.2) is 73.0 Å². The molecule has 0 saturated carbocycles. The van der Waals surface area contributed by atoms with Crippen molar-refractivity contribution in [2.45, 2.75) is 125 Å². The average Bonchev–Trinajstić information content (AvgIpc) is 3.34. The molecule has 0 saturated heterocycles. The molecule has 0 unspecified atom stereocenters. The van der Waals surface area contributed by atoms with Crippen LogP contribution >= 0.6 is 0 Å². The van der Waals surface area contributed by atoms with Crippen molar-refractivity contribution in [2.75, 3.05) is 52.4 Å². The molecule has 1 N–H and O–H groups in total. The second kappa shape index (κ2) is 32.7. The van der Waals surface area contributed by atoms with Crippen LogP contribution < -0.4 is 14.8 Å². The average molecular weight is 883 g/mol. The zero-order valence-corrected chi connectivity index (χ0v) is 40.8. The molecule has 7 nitrogen and oxygen atoms in total. The first-order chi connectivity index (χ1) is 31.9. The van der Waals surface area contributed by atoms with E-state index in [-0.39, 0.29) is 5.91 Å². The summed E-state index contributed by atoms with van der Waals surface area (Å²) >= 11 is 0. The van der Waals surface area contributed by atoms with Gasteiger partial charge in [0.2, 0.25) is 0 Å². The number of benzene rings is 5. The lowest BCUT2D eigenvalue weighted by Gasteiger charge is -2.28. The van der Waals surface area contributed by atoms with Gasteiger partial charge in [-0.2, -0.15) is 0 Å². The first-order valence-electron chi connectivity index (χ1n) is 25.1. The van der Waals surface area contributed by atoms with Gasteiger partial charge < -0.3 is 29.5 Å². The number of carbonyl (C=O) groups is 1. The highest BCUT2D eigenvalue weighted by Crippen LogP contribution is 2.23. The third-order valence-corrected chi connectivity index (χ3v) is 11.7. The predicted molar refractivity (Wildman–Crippen MR) is 275 cm³/mol. The van der Waals surface area contributed by atoms with Crippen molar-refractivity contribution in [1.29, 1.82) is 0 Å². The number of aryl methyl sites for hydroxylation is 1. The van der Waals surface area contributed by atoms with Crippen LogP contribution in [0.3, 0.4) is 0 Å². The molecule has 0 fully saturated rings. The maximum absolute atomic E-state index is 13.8. The minimum absolute atomic E-state index is 0.102. The molecule has 1 amide bonds. The fourth-order valence-electron chi connectivity index (χ4n) is 7.57. The van der Waals surface area contributed by atoms with Gasteiger partial charge in [0.1, 0.15) is 23.0 Å². The Hall–Kier alpha value is -4.95. The number of hydrogen-bond donors (Lipinski definition) is 1. The molecule has 7 heteroatoms.